The predicted octanol–water partition coefficient (Wildman–Crippen LogP) is 2.60. The van der Waals surface area contributed by atoms with E-state index in [1.54, 1.807) is 0 Å². The van der Waals surface area contributed by atoms with Crippen molar-refractivity contribution >= 4 is 17.7 Å². The van der Waals surface area contributed by atoms with Gasteiger partial charge < -0.3 is 5.11 Å². The van der Waals surface area contributed by atoms with Crippen LogP contribution in [0.1, 0.15) is 5.56 Å². The first-order valence-electron chi connectivity index (χ1n) is 5.41. The van der Waals surface area contributed by atoms with Crippen molar-refractivity contribution in [3.8, 4) is 5.69 Å². The number of halogens is 4. The Bertz CT molecular complexity index is 672. The molecule has 112 valence electrons. The number of hydrogen-bond acceptors (Lipinski definition) is 4. The zero-order valence-electron chi connectivity index (χ0n) is 10.1. The van der Waals surface area contributed by atoms with Crippen molar-refractivity contribution in [3.05, 3.63) is 35.9 Å². The third kappa shape index (κ3) is 3.51. The van der Waals surface area contributed by atoms with E-state index in [1.165, 1.54) is 0 Å². The second-order valence-electron chi connectivity index (χ2n) is 3.83. The lowest BCUT2D eigenvalue weighted by Gasteiger charge is -2.11. The Morgan fingerprint density at radius 1 is 1.38 bits per heavy atom. The van der Waals surface area contributed by atoms with Gasteiger partial charge in [0.15, 0.2) is 5.16 Å². The zero-order chi connectivity index (χ0) is 15.6. The van der Waals surface area contributed by atoms with Crippen molar-refractivity contribution in [1.29, 1.82) is 0 Å². The molecule has 21 heavy (non-hydrogen) atoms. The highest BCUT2D eigenvalue weighted by Gasteiger charge is 2.34. The molecule has 0 aliphatic heterocycles. The quantitative estimate of drug-likeness (QED) is 0.692. The molecule has 0 bridgehead atoms. The molecule has 1 aromatic carbocycles. The third-order valence-electron chi connectivity index (χ3n) is 2.37. The molecule has 0 unspecified atom stereocenters. The predicted molar refractivity (Wildman–Crippen MR) is 64.7 cm³/mol. The molecular weight excluding hydrogens is 314 g/mol. The summed E-state index contributed by atoms with van der Waals surface area (Å²) in [6.07, 6.45) is -3.71. The molecule has 1 aromatic heterocycles. The fourth-order valence-electron chi connectivity index (χ4n) is 1.51. The van der Waals surface area contributed by atoms with Gasteiger partial charge in [-0.05, 0) is 18.2 Å². The van der Waals surface area contributed by atoms with Crippen LogP contribution in [0.3, 0.4) is 0 Å². The monoisotopic (exact) mass is 321 g/mol. The van der Waals surface area contributed by atoms with Crippen LogP contribution in [0.25, 0.3) is 5.69 Å². The summed E-state index contributed by atoms with van der Waals surface area (Å²) in [5.41, 5.74) is -1.43. The van der Waals surface area contributed by atoms with Gasteiger partial charge in [0, 0.05) is 5.69 Å². The van der Waals surface area contributed by atoms with E-state index in [0.717, 1.165) is 28.7 Å². The summed E-state index contributed by atoms with van der Waals surface area (Å²) < 4.78 is 52.4. The normalized spacial score (nSPS) is 11.6. The SMILES string of the molecule is O=C(O)CSc1nncn1-c1ccc(F)c(C(F)(F)F)c1. The molecule has 5 nitrogen and oxygen atoms in total. The topological polar surface area (TPSA) is 68.0 Å². The van der Waals surface area contributed by atoms with E-state index in [2.05, 4.69) is 10.2 Å². The van der Waals surface area contributed by atoms with Crippen LogP contribution in [-0.2, 0) is 11.0 Å². The van der Waals surface area contributed by atoms with Gasteiger partial charge in [-0.25, -0.2) is 4.39 Å². The van der Waals surface area contributed by atoms with Gasteiger partial charge in [-0.1, -0.05) is 11.8 Å². The summed E-state index contributed by atoms with van der Waals surface area (Å²) in [7, 11) is 0. The number of nitrogens with zero attached hydrogens (tertiary/aromatic N) is 3. The van der Waals surface area contributed by atoms with Crippen molar-refractivity contribution < 1.29 is 27.5 Å². The maximum atomic E-state index is 13.2. The van der Waals surface area contributed by atoms with Gasteiger partial charge in [-0.3, -0.25) is 9.36 Å². The Balaban J connectivity index is 2.39. The molecule has 0 radical (unpaired) electrons. The largest absolute Gasteiger partial charge is 0.481 e. The van der Waals surface area contributed by atoms with Gasteiger partial charge >= 0.3 is 12.1 Å². The Morgan fingerprint density at radius 3 is 2.71 bits per heavy atom. The van der Waals surface area contributed by atoms with E-state index in [4.69, 9.17) is 5.11 Å². The Hall–Kier alpha value is -2.10. The first kappa shape index (κ1) is 15.3. The van der Waals surface area contributed by atoms with Gasteiger partial charge in [-0.2, -0.15) is 13.2 Å². The molecule has 0 saturated carbocycles. The molecule has 0 fully saturated rings. The highest BCUT2D eigenvalue weighted by molar-refractivity contribution is 7.99. The Morgan fingerprint density at radius 2 is 2.10 bits per heavy atom. The molecular formula is C11H7F4N3O2S. The second-order valence-corrected chi connectivity index (χ2v) is 4.77. The third-order valence-corrected chi connectivity index (χ3v) is 3.30. The molecule has 0 atom stereocenters. The van der Waals surface area contributed by atoms with E-state index < -0.39 is 23.5 Å². The standard InChI is InChI=1S/C11H7F4N3O2S/c12-8-2-1-6(3-7(8)11(13,14)15)18-5-16-17-10(18)21-4-9(19)20/h1-3,5H,4H2,(H,19,20). The highest BCUT2D eigenvalue weighted by Crippen LogP contribution is 2.33. The maximum Gasteiger partial charge on any atom is 0.419 e. The van der Waals surface area contributed by atoms with E-state index in [0.29, 0.717) is 12.1 Å². The van der Waals surface area contributed by atoms with Gasteiger partial charge in [0.25, 0.3) is 0 Å². The minimum atomic E-state index is -4.83. The summed E-state index contributed by atoms with van der Waals surface area (Å²) in [5.74, 6) is -2.82. The molecule has 0 aliphatic carbocycles. The summed E-state index contributed by atoms with van der Waals surface area (Å²) in [5, 5.41) is 15.8. The number of hydrogen-bond donors (Lipinski definition) is 1. The molecule has 0 aliphatic rings. The van der Waals surface area contributed by atoms with Crippen molar-refractivity contribution in [2.75, 3.05) is 5.75 Å². The van der Waals surface area contributed by atoms with Crippen LogP contribution < -0.4 is 0 Å². The van der Waals surface area contributed by atoms with E-state index in [1.807, 2.05) is 0 Å². The maximum absolute atomic E-state index is 13.2. The minimum Gasteiger partial charge on any atom is -0.481 e. The van der Waals surface area contributed by atoms with Gasteiger partial charge in [0.2, 0.25) is 0 Å². The van der Waals surface area contributed by atoms with Crippen molar-refractivity contribution in [1.82, 2.24) is 14.8 Å². The van der Waals surface area contributed by atoms with Crippen LogP contribution >= 0.6 is 11.8 Å². The number of carboxylic acids is 1. The fraction of sp³-hybridized carbons (Fsp3) is 0.182. The number of aliphatic carboxylic acids is 1. The van der Waals surface area contributed by atoms with Crippen molar-refractivity contribution in [2.45, 2.75) is 11.3 Å². The second kappa shape index (κ2) is 5.72. The number of benzene rings is 1. The minimum absolute atomic E-state index is 0.0124. The van der Waals surface area contributed by atoms with E-state index in [-0.39, 0.29) is 16.6 Å². The first-order chi connectivity index (χ1) is 9.79. The first-order valence-corrected chi connectivity index (χ1v) is 6.39. The lowest BCUT2D eigenvalue weighted by molar-refractivity contribution is -0.140. The summed E-state index contributed by atoms with van der Waals surface area (Å²) in [4.78, 5) is 10.5. The average Bonchev–Trinajstić information content (AvgIpc) is 2.84. The lowest BCUT2D eigenvalue weighted by Crippen LogP contribution is -2.09. The van der Waals surface area contributed by atoms with Crippen LogP contribution in [-0.4, -0.2) is 31.6 Å². The fourth-order valence-corrected chi connectivity index (χ4v) is 2.16. The zero-order valence-corrected chi connectivity index (χ0v) is 11.0. The number of aromatic nitrogens is 3. The molecule has 2 aromatic rings. The van der Waals surface area contributed by atoms with Crippen LogP contribution in [0.4, 0.5) is 17.6 Å². The van der Waals surface area contributed by atoms with Gasteiger partial charge in [0.05, 0.1) is 11.3 Å². The van der Waals surface area contributed by atoms with E-state index >= 15 is 0 Å². The van der Waals surface area contributed by atoms with Crippen LogP contribution in [0.15, 0.2) is 29.7 Å². The highest BCUT2D eigenvalue weighted by atomic mass is 32.2. The Kier molecular flexibility index (Phi) is 4.16. The number of rotatable bonds is 4. The number of carboxylic acid groups (broad SMARTS) is 1. The Labute approximate surface area is 119 Å². The van der Waals surface area contributed by atoms with E-state index in [9.17, 15) is 22.4 Å². The van der Waals surface area contributed by atoms with Crippen LogP contribution in [0, 0.1) is 5.82 Å². The summed E-state index contributed by atoms with van der Waals surface area (Å²) in [6.45, 7) is 0. The summed E-state index contributed by atoms with van der Waals surface area (Å²) in [6, 6.07) is 2.42. The molecule has 2 rings (SSSR count). The summed E-state index contributed by atoms with van der Waals surface area (Å²) >= 11 is 0.789. The van der Waals surface area contributed by atoms with Crippen LogP contribution in [0.2, 0.25) is 0 Å². The van der Waals surface area contributed by atoms with Crippen molar-refractivity contribution in [2.24, 2.45) is 0 Å². The molecule has 0 amide bonds. The smallest absolute Gasteiger partial charge is 0.419 e. The van der Waals surface area contributed by atoms with Gasteiger partial charge in [-0.15, -0.1) is 10.2 Å². The number of thioether (sulfide) groups is 1. The van der Waals surface area contributed by atoms with Crippen molar-refractivity contribution in [3.63, 3.8) is 0 Å². The molecule has 1 N–H and O–H groups in total. The molecule has 10 heteroatoms. The molecule has 0 saturated heterocycles. The molecule has 1 heterocycles. The average molecular weight is 321 g/mol. The lowest BCUT2D eigenvalue weighted by atomic mass is 10.2. The number of carbonyl (C=O) groups is 1. The molecule has 0 spiro atoms. The van der Waals surface area contributed by atoms with Crippen LogP contribution in [0.5, 0.6) is 0 Å². The number of alkyl halides is 3. The van der Waals surface area contributed by atoms with Gasteiger partial charge in [0.1, 0.15) is 12.1 Å².